The second-order valence-electron chi connectivity index (χ2n) is 6.36. The van der Waals surface area contributed by atoms with Gasteiger partial charge in [-0.25, -0.2) is 9.59 Å². The molecule has 4 heteroatoms. The molecular weight excluding hydrogens is 340 g/mol. The van der Waals surface area contributed by atoms with Gasteiger partial charge in [0.2, 0.25) is 0 Å². The second-order valence-corrected chi connectivity index (χ2v) is 6.36. The molecule has 2 aromatic carbocycles. The summed E-state index contributed by atoms with van der Waals surface area (Å²) in [5, 5.41) is 0. The van der Waals surface area contributed by atoms with Crippen molar-refractivity contribution in [3.05, 3.63) is 78.9 Å². The summed E-state index contributed by atoms with van der Waals surface area (Å²) in [5.41, 5.74) is 4.22. The zero-order chi connectivity index (χ0) is 20.1. The van der Waals surface area contributed by atoms with Gasteiger partial charge in [-0.15, -0.1) is 0 Å². The summed E-state index contributed by atoms with van der Waals surface area (Å²) in [6, 6.07) is 12.8. The van der Waals surface area contributed by atoms with Crippen molar-refractivity contribution in [2.24, 2.45) is 0 Å². The molecule has 0 N–H and O–H groups in total. The first-order valence-corrected chi connectivity index (χ1v) is 8.34. The Hall–Kier alpha value is -3.40. The Morgan fingerprint density at radius 3 is 1.67 bits per heavy atom. The number of ether oxygens (including phenoxy) is 2. The van der Waals surface area contributed by atoms with Crippen LogP contribution in [0.4, 0.5) is 0 Å². The average Bonchev–Trinajstić information content (AvgIpc) is 2.62. The number of carbonyl (C=O) groups excluding carboxylic acids is 2. The summed E-state index contributed by atoms with van der Waals surface area (Å²) < 4.78 is 10.6. The lowest BCUT2D eigenvalue weighted by atomic mass is 10.0. The maximum Gasteiger partial charge on any atom is 0.338 e. The first-order valence-electron chi connectivity index (χ1n) is 8.34. The Morgan fingerprint density at radius 1 is 0.704 bits per heavy atom. The Labute approximate surface area is 159 Å². The van der Waals surface area contributed by atoms with Crippen molar-refractivity contribution in [1.82, 2.24) is 0 Å². The third kappa shape index (κ3) is 5.05. The lowest BCUT2D eigenvalue weighted by Gasteiger charge is -2.13. The minimum absolute atomic E-state index is 0.138. The lowest BCUT2D eigenvalue weighted by Crippen LogP contribution is -2.12. The van der Waals surface area contributed by atoms with Crippen LogP contribution in [-0.4, -0.2) is 11.9 Å². The molecule has 0 aromatic heterocycles. The fourth-order valence-electron chi connectivity index (χ4n) is 2.17. The van der Waals surface area contributed by atoms with Gasteiger partial charge in [0.1, 0.15) is 0 Å². The Kier molecular flexibility index (Phi) is 6.14. The van der Waals surface area contributed by atoms with Crippen molar-refractivity contribution in [3.63, 3.8) is 0 Å². The van der Waals surface area contributed by atoms with Crippen molar-refractivity contribution in [3.8, 4) is 22.6 Å². The van der Waals surface area contributed by atoms with Gasteiger partial charge in [-0.2, -0.15) is 0 Å². The van der Waals surface area contributed by atoms with E-state index < -0.39 is 11.9 Å². The first-order chi connectivity index (χ1) is 12.7. The summed E-state index contributed by atoms with van der Waals surface area (Å²) >= 11 is 0. The Morgan fingerprint density at radius 2 is 1.19 bits per heavy atom. The fraction of sp³-hybridized carbons (Fsp3) is 0.130. The van der Waals surface area contributed by atoms with Crippen molar-refractivity contribution in [2.45, 2.75) is 20.8 Å². The topological polar surface area (TPSA) is 52.6 Å². The number of benzene rings is 2. The van der Waals surface area contributed by atoms with Gasteiger partial charge in [0, 0.05) is 11.1 Å². The molecule has 0 radical (unpaired) electrons. The monoisotopic (exact) mass is 362 g/mol. The molecule has 0 aliphatic heterocycles. The fourth-order valence-corrected chi connectivity index (χ4v) is 2.17. The minimum atomic E-state index is -0.600. The van der Waals surface area contributed by atoms with Gasteiger partial charge in [0.15, 0.2) is 11.5 Å². The van der Waals surface area contributed by atoms with E-state index in [0.717, 1.165) is 22.3 Å². The van der Waals surface area contributed by atoms with Crippen LogP contribution in [0, 0.1) is 0 Å². The molecule has 2 aromatic rings. The van der Waals surface area contributed by atoms with Gasteiger partial charge in [-0.1, -0.05) is 55.6 Å². The van der Waals surface area contributed by atoms with Gasteiger partial charge in [-0.05, 0) is 49.6 Å². The molecule has 0 aliphatic carbocycles. The zero-order valence-electron chi connectivity index (χ0n) is 15.8. The summed E-state index contributed by atoms with van der Waals surface area (Å²) in [4.78, 5) is 23.8. The van der Waals surface area contributed by atoms with Crippen LogP contribution in [0.1, 0.15) is 26.3 Å². The smallest absolute Gasteiger partial charge is 0.338 e. The van der Waals surface area contributed by atoms with Crippen LogP contribution in [0.15, 0.2) is 73.3 Å². The van der Waals surface area contributed by atoms with Gasteiger partial charge < -0.3 is 9.47 Å². The molecule has 27 heavy (non-hydrogen) atoms. The molecule has 0 aliphatic rings. The molecule has 2 rings (SSSR count). The highest BCUT2D eigenvalue weighted by Gasteiger charge is 2.16. The van der Waals surface area contributed by atoms with E-state index in [0.29, 0.717) is 0 Å². The summed E-state index contributed by atoms with van der Waals surface area (Å²) in [6.07, 6.45) is 0. The van der Waals surface area contributed by atoms with Crippen LogP contribution < -0.4 is 9.47 Å². The van der Waals surface area contributed by atoms with Crippen LogP contribution >= 0.6 is 0 Å². The minimum Gasteiger partial charge on any atom is -0.419 e. The van der Waals surface area contributed by atoms with Gasteiger partial charge in [-0.3, -0.25) is 0 Å². The van der Waals surface area contributed by atoms with E-state index in [9.17, 15) is 9.59 Å². The van der Waals surface area contributed by atoms with E-state index >= 15 is 0 Å². The number of rotatable bonds is 6. The molecule has 4 nitrogen and oxygen atoms in total. The van der Waals surface area contributed by atoms with E-state index in [1.807, 2.05) is 31.2 Å². The molecule has 0 atom stereocenters. The highest BCUT2D eigenvalue weighted by molar-refractivity contribution is 5.91. The molecule has 0 amide bonds. The highest BCUT2D eigenvalue weighted by Crippen LogP contribution is 2.34. The normalized spacial score (nSPS) is 10.0. The molecular formula is C23H22O4. The van der Waals surface area contributed by atoms with E-state index in [1.165, 1.54) is 0 Å². The molecule has 0 fully saturated rings. The third-order valence-electron chi connectivity index (χ3n) is 3.76. The molecule has 0 unspecified atom stereocenters. The van der Waals surface area contributed by atoms with Gasteiger partial charge >= 0.3 is 11.9 Å². The molecule has 0 saturated carbocycles. The van der Waals surface area contributed by atoms with Crippen LogP contribution in [0.3, 0.4) is 0 Å². The number of esters is 2. The number of hydrogen-bond donors (Lipinski definition) is 0. The van der Waals surface area contributed by atoms with Crippen LogP contribution in [0.5, 0.6) is 11.5 Å². The molecule has 0 spiro atoms. The molecule has 0 bridgehead atoms. The molecule has 138 valence electrons. The van der Waals surface area contributed by atoms with Crippen molar-refractivity contribution in [1.29, 1.82) is 0 Å². The molecule has 0 saturated heterocycles. The lowest BCUT2D eigenvalue weighted by molar-refractivity contribution is -0.132. The van der Waals surface area contributed by atoms with E-state index in [4.69, 9.17) is 9.47 Å². The second kappa shape index (κ2) is 8.32. The summed E-state index contributed by atoms with van der Waals surface area (Å²) in [7, 11) is 0. The third-order valence-corrected chi connectivity index (χ3v) is 3.76. The van der Waals surface area contributed by atoms with E-state index in [-0.39, 0.29) is 22.6 Å². The number of hydrogen-bond acceptors (Lipinski definition) is 4. The summed E-state index contributed by atoms with van der Waals surface area (Å²) in [5.74, 6) is -0.919. The van der Waals surface area contributed by atoms with Crippen LogP contribution in [0.25, 0.3) is 16.7 Å². The predicted octanol–water partition coefficient (Wildman–Crippen LogP) is 5.35. The van der Waals surface area contributed by atoms with Crippen molar-refractivity contribution in [2.75, 3.05) is 0 Å². The number of allylic oxidation sites excluding steroid dienone is 1. The molecule has 0 heterocycles. The maximum absolute atomic E-state index is 12.0. The standard InChI is InChI=1S/C23H22O4/c1-14(2)17-7-9-18(10-8-17)19-11-12-20(26-22(24)15(3)4)21(13-19)27-23(25)16(5)6/h7-13H,1,3,5H2,2,4,6H3. The maximum atomic E-state index is 12.0. The number of carbonyl (C=O) groups is 2. The quantitative estimate of drug-likeness (QED) is 0.395. The van der Waals surface area contributed by atoms with Crippen molar-refractivity contribution < 1.29 is 19.1 Å². The summed E-state index contributed by atoms with van der Waals surface area (Å²) in [6.45, 7) is 16.1. The first kappa shape index (κ1) is 19.9. The van der Waals surface area contributed by atoms with E-state index in [2.05, 4.69) is 19.7 Å². The van der Waals surface area contributed by atoms with Crippen molar-refractivity contribution >= 4 is 17.5 Å². The Bertz CT molecular complexity index is 933. The highest BCUT2D eigenvalue weighted by atomic mass is 16.6. The average molecular weight is 362 g/mol. The van der Waals surface area contributed by atoms with Gasteiger partial charge in [0.25, 0.3) is 0 Å². The Balaban J connectivity index is 2.44. The zero-order valence-corrected chi connectivity index (χ0v) is 15.8. The van der Waals surface area contributed by atoms with E-state index in [1.54, 1.807) is 32.0 Å². The van der Waals surface area contributed by atoms with Gasteiger partial charge in [0.05, 0.1) is 0 Å². The van der Waals surface area contributed by atoms with Crippen LogP contribution in [0.2, 0.25) is 0 Å². The largest absolute Gasteiger partial charge is 0.419 e. The predicted molar refractivity (Wildman–Crippen MR) is 107 cm³/mol. The van der Waals surface area contributed by atoms with Crippen LogP contribution in [-0.2, 0) is 9.59 Å². The SMILES string of the molecule is C=C(C)C(=O)Oc1ccc(-c2ccc(C(=C)C)cc2)cc1OC(=O)C(=C)C.